The highest BCUT2D eigenvalue weighted by Crippen LogP contribution is 2.14. The minimum absolute atomic E-state index is 0.215. The van der Waals surface area contributed by atoms with E-state index < -0.39 is 0 Å². The predicted octanol–water partition coefficient (Wildman–Crippen LogP) is 1.49. The lowest BCUT2D eigenvalue weighted by atomic mass is 10.2. The van der Waals surface area contributed by atoms with Crippen molar-refractivity contribution in [1.29, 1.82) is 0 Å². The van der Waals surface area contributed by atoms with Crippen LogP contribution in [0.25, 0.3) is 0 Å². The summed E-state index contributed by atoms with van der Waals surface area (Å²) in [6, 6.07) is 8.59. The number of aliphatic hydroxyl groups is 1. The van der Waals surface area contributed by atoms with Gasteiger partial charge in [0.05, 0.1) is 6.10 Å². The van der Waals surface area contributed by atoms with Crippen molar-refractivity contribution in [3.63, 3.8) is 0 Å². The fourth-order valence-electron chi connectivity index (χ4n) is 2.36. The van der Waals surface area contributed by atoms with E-state index in [0.717, 1.165) is 44.2 Å². The molecule has 1 aliphatic rings. The van der Waals surface area contributed by atoms with Gasteiger partial charge in [-0.15, -0.1) is 0 Å². The Morgan fingerprint density at radius 2 is 2.16 bits per heavy atom. The number of thioether (sulfide) groups is 1. The molecule has 1 aromatic rings. The van der Waals surface area contributed by atoms with Gasteiger partial charge in [-0.05, 0) is 12.5 Å². The van der Waals surface area contributed by atoms with Gasteiger partial charge in [-0.3, -0.25) is 4.90 Å². The van der Waals surface area contributed by atoms with Gasteiger partial charge in [0, 0.05) is 44.2 Å². The minimum atomic E-state index is -0.215. The van der Waals surface area contributed by atoms with Gasteiger partial charge < -0.3 is 10.4 Å². The van der Waals surface area contributed by atoms with E-state index in [4.69, 9.17) is 0 Å². The maximum atomic E-state index is 10.1. The molecule has 1 saturated heterocycles. The van der Waals surface area contributed by atoms with Crippen LogP contribution in [-0.4, -0.2) is 54.6 Å². The standard InChI is InChI=1S/C15H24N2OS/c1-13-3-2-4-14(9-13)11-19-12-15(18)10-17-7-5-16-6-8-17/h2-4,9,15-16,18H,5-8,10-12H2,1H3. The lowest BCUT2D eigenvalue weighted by Crippen LogP contribution is -2.46. The molecule has 0 saturated carbocycles. The number of benzene rings is 1. The van der Waals surface area contributed by atoms with Crippen molar-refractivity contribution >= 4 is 11.8 Å². The van der Waals surface area contributed by atoms with Crippen molar-refractivity contribution in [3.05, 3.63) is 35.4 Å². The van der Waals surface area contributed by atoms with Crippen molar-refractivity contribution in [2.75, 3.05) is 38.5 Å². The second-order valence-electron chi connectivity index (χ2n) is 5.21. The first-order valence-electron chi connectivity index (χ1n) is 6.98. The molecule has 3 nitrogen and oxygen atoms in total. The van der Waals surface area contributed by atoms with Gasteiger partial charge in [0.15, 0.2) is 0 Å². The first-order valence-corrected chi connectivity index (χ1v) is 8.14. The summed E-state index contributed by atoms with van der Waals surface area (Å²) in [7, 11) is 0. The summed E-state index contributed by atoms with van der Waals surface area (Å²) in [5.74, 6) is 1.80. The molecule has 1 aromatic carbocycles. The first-order chi connectivity index (χ1) is 9.24. The Morgan fingerprint density at radius 3 is 2.89 bits per heavy atom. The van der Waals surface area contributed by atoms with Crippen LogP contribution in [0, 0.1) is 6.92 Å². The van der Waals surface area contributed by atoms with Crippen LogP contribution in [0.3, 0.4) is 0 Å². The molecule has 1 atom stereocenters. The minimum Gasteiger partial charge on any atom is -0.391 e. The van der Waals surface area contributed by atoms with Crippen LogP contribution in [0.2, 0.25) is 0 Å². The Balaban J connectivity index is 1.64. The van der Waals surface area contributed by atoms with Crippen molar-refractivity contribution in [3.8, 4) is 0 Å². The molecule has 0 aromatic heterocycles. The molecule has 106 valence electrons. The molecule has 0 radical (unpaired) electrons. The molecule has 0 spiro atoms. The van der Waals surface area contributed by atoms with Crippen molar-refractivity contribution < 1.29 is 5.11 Å². The first kappa shape index (κ1) is 14.9. The number of nitrogens with zero attached hydrogens (tertiary/aromatic N) is 1. The van der Waals surface area contributed by atoms with Crippen molar-refractivity contribution in [1.82, 2.24) is 10.2 Å². The van der Waals surface area contributed by atoms with Gasteiger partial charge in [0.2, 0.25) is 0 Å². The molecule has 2 N–H and O–H groups in total. The van der Waals surface area contributed by atoms with Gasteiger partial charge in [-0.2, -0.15) is 11.8 Å². The van der Waals surface area contributed by atoms with Crippen LogP contribution in [0.5, 0.6) is 0 Å². The van der Waals surface area contributed by atoms with Crippen LogP contribution in [0.15, 0.2) is 24.3 Å². The summed E-state index contributed by atoms with van der Waals surface area (Å²) in [6.07, 6.45) is -0.215. The number of β-amino-alcohol motifs (C(OH)–C–C–N with tert-alkyl or cyclic N) is 1. The molecule has 1 heterocycles. The molecular formula is C15H24N2OS. The zero-order chi connectivity index (χ0) is 13.5. The van der Waals surface area contributed by atoms with Crippen molar-refractivity contribution in [2.45, 2.75) is 18.8 Å². The zero-order valence-corrected chi connectivity index (χ0v) is 12.5. The molecule has 1 unspecified atom stereocenters. The summed E-state index contributed by atoms with van der Waals surface area (Å²) in [4.78, 5) is 2.34. The molecule has 0 aliphatic carbocycles. The highest BCUT2D eigenvalue weighted by atomic mass is 32.2. The van der Waals surface area contributed by atoms with Gasteiger partial charge >= 0.3 is 0 Å². The SMILES string of the molecule is Cc1cccc(CSCC(O)CN2CCNCC2)c1. The molecule has 1 aliphatic heterocycles. The molecule has 19 heavy (non-hydrogen) atoms. The van der Waals surface area contributed by atoms with E-state index in [2.05, 4.69) is 41.4 Å². The number of hydrogen-bond donors (Lipinski definition) is 2. The number of nitrogens with one attached hydrogen (secondary N) is 1. The normalized spacial score (nSPS) is 18.4. The average molecular weight is 280 g/mol. The Kier molecular flexibility index (Phi) is 6.17. The summed E-state index contributed by atoms with van der Waals surface area (Å²) in [5, 5.41) is 13.4. The van der Waals surface area contributed by atoms with E-state index in [9.17, 15) is 5.11 Å². The quantitative estimate of drug-likeness (QED) is 0.828. The highest BCUT2D eigenvalue weighted by Gasteiger charge is 2.14. The fourth-order valence-corrected chi connectivity index (χ4v) is 3.27. The third-order valence-corrected chi connectivity index (χ3v) is 4.50. The second kappa shape index (κ2) is 7.90. The van der Waals surface area contributed by atoms with Gasteiger partial charge in [0.1, 0.15) is 0 Å². The second-order valence-corrected chi connectivity index (χ2v) is 6.24. The summed E-state index contributed by atoms with van der Waals surface area (Å²) < 4.78 is 0. The van der Waals surface area contributed by atoms with Crippen LogP contribution in [0.4, 0.5) is 0 Å². The topological polar surface area (TPSA) is 35.5 Å². The predicted molar refractivity (Wildman–Crippen MR) is 82.7 cm³/mol. The number of hydrogen-bond acceptors (Lipinski definition) is 4. The Hall–Kier alpha value is -0.550. The summed E-state index contributed by atoms with van der Waals surface area (Å²) >= 11 is 1.82. The Bertz CT molecular complexity index is 380. The third-order valence-electron chi connectivity index (χ3n) is 3.34. The smallest absolute Gasteiger partial charge is 0.0757 e. The zero-order valence-electron chi connectivity index (χ0n) is 11.6. The lowest BCUT2D eigenvalue weighted by Gasteiger charge is -2.28. The van der Waals surface area contributed by atoms with Crippen LogP contribution in [-0.2, 0) is 5.75 Å². The van der Waals surface area contributed by atoms with E-state index in [1.54, 1.807) is 0 Å². The Morgan fingerprint density at radius 1 is 1.37 bits per heavy atom. The average Bonchev–Trinajstić information content (AvgIpc) is 2.40. The molecule has 0 bridgehead atoms. The Labute approximate surface area is 120 Å². The molecular weight excluding hydrogens is 256 g/mol. The number of rotatable bonds is 6. The number of aliphatic hydroxyl groups excluding tert-OH is 1. The van der Waals surface area contributed by atoms with Gasteiger partial charge in [0.25, 0.3) is 0 Å². The number of piperazine rings is 1. The summed E-state index contributed by atoms with van der Waals surface area (Å²) in [5.41, 5.74) is 2.65. The highest BCUT2D eigenvalue weighted by molar-refractivity contribution is 7.98. The molecule has 2 rings (SSSR count). The lowest BCUT2D eigenvalue weighted by molar-refractivity contribution is 0.121. The van der Waals surface area contributed by atoms with Gasteiger partial charge in [-0.1, -0.05) is 29.8 Å². The third kappa shape index (κ3) is 5.53. The largest absolute Gasteiger partial charge is 0.391 e. The van der Waals surface area contributed by atoms with E-state index in [1.165, 1.54) is 11.1 Å². The van der Waals surface area contributed by atoms with E-state index in [-0.39, 0.29) is 6.10 Å². The van der Waals surface area contributed by atoms with Crippen LogP contribution >= 0.6 is 11.8 Å². The maximum absolute atomic E-state index is 10.1. The fraction of sp³-hybridized carbons (Fsp3) is 0.600. The molecule has 4 heteroatoms. The van der Waals surface area contributed by atoms with Gasteiger partial charge in [-0.25, -0.2) is 0 Å². The number of aryl methyl sites for hydroxylation is 1. The molecule has 0 amide bonds. The van der Waals surface area contributed by atoms with Crippen molar-refractivity contribution in [2.24, 2.45) is 0 Å². The van der Waals surface area contributed by atoms with Crippen LogP contribution in [0.1, 0.15) is 11.1 Å². The maximum Gasteiger partial charge on any atom is 0.0757 e. The van der Waals surface area contributed by atoms with Crippen LogP contribution < -0.4 is 5.32 Å². The van der Waals surface area contributed by atoms with E-state index in [1.807, 2.05) is 11.8 Å². The monoisotopic (exact) mass is 280 g/mol. The van der Waals surface area contributed by atoms with E-state index in [0.29, 0.717) is 0 Å². The summed E-state index contributed by atoms with van der Waals surface area (Å²) in [6.45, 7) is 7.13. The van der Waals surface area contributed by atoms with E-state index >= 15 is 0 Å². The molecule has 1 fully saturated rings.